The number of hydrogen-bond acceptors (Lipinski definition) is 9. The number of hydrogen-bond donors (Lipinski definition) is 4. The fraction of sp³-hybridized carbons (Fsp3) is 0.515. The summed E-state index contributed by atoms with van der Waals surface area (Å²) in [6.07, 6.45) is 0.496. The van der Waals surface area contributed by atoms with Crippen LogP contribution < -0.4 is 5.32 Å². The van der Waals surface area contributed by atoms with E-state index in [1.54, 1.807) is 12.3 Å². The van der Waals surface area contributed by atoms with Crippen molar-refractivity contribution in [2.45, 2.75) is 69.5 Å². The average molecular weight is 657 g/mol. The van der Waals surface area contributed by atoms with Gasteiger partial charge in [-0.05, 0) is 48.9 Å². The molecule has 0 bridgehead atoms. The minimum absolute atomic E-state index is 0.0125. The van der Waals surface area contributed by atoms with Crippen molar-refractivity contribution in [2.24, 2.45) is 16.8 Å². The largest absolute Gasteiger partial charge is 0.494 e. The second kappa shape index (κ2) is 14.9. The molecule has 0 saturated carbocycles. The molecule has 1 amide bonds. The third-order valence-electron chi connectivity index (χ3n) is 8.27. The Morgan fingerprint density at radius 3 is 2.72 bits per heavy atom. The van der Waals surface area contributed by atoms with E-state index >= 15 is 0 Å². The van der Waals surface area contributed by atoms with Gasteiger partial charge in [0.25, 0.3) is 0 Å². The Hall–Kier alpha value is -3.49. The third-order valence-corrected chi connectivity index (χ3v) is 10.1. The zero-order chi connectivity index (χ0) is 32.8. The van der Waals surface area contributed by atoms with Crippen molar-refractivity contribution in [1.82, 2.24) is 14.6 Å². The summed E-state index contributed by atoms with van der Waals surface area (Å²) in [6.45, 7) is 6.97. The third kappa shape index (κ3) is 7.89. The Morgan fingerprint density at radius 2 is 1.98 bits per heavy atom. The summed E-state index contributed by atoms with van der Waals surface area (Å²) in [7, 11) is -4.12. The van der Waals surface area contributed by atoms with Crippen molar-refractivity contribution in [2.75, 3.05) is 32.8 Å². The Labute approximate surface area is 269 Å². The maximum atomic E-state index is 14.1. The van der Waals surface area contributed by atoms with Gasteiger partial charge in [0.1, 0.15) is 6.10 Å². The van der Waals surface area contributed by atoms with E-state index in [4.69, 9.17) is 14.2 Å². The number of benzene rings is 2. The van der Waals surface area contributed by atoms with Gasteiger partial charge in [-0.25, -0.2) is 13.2 Å². The average Bonchev–Trinajstić information content (AvgIpc) is 3.72. The standard InChI is InChI=1S/C33H44N4O8S/c1-4-13-34-17-26-25-16-23(10-11-27(25)35-31(26)39)46(41,42)37(18-21(2)3)19-29(38)28(15-22-8-6-5-7-9-22)36-33(40)45-30-20-44-32-24(30)12-14-43-32/h5-11,16-17,21,24,28-30,32,35,38-39H,4,12-15,18-20H2,1-3H3,(H,36,40). The molecular weight excluding hydrogens is 612 g/mol. The van der Waals surface area contributed by atoms with Crippen LogP contribution in [0.5, 0.6) is 5.88 Å². The van der Waals surface area contributed by atoms with Crippen molar-refractivity contribution in [3.05, 3.63) is 59.7 Å². The lowest BCUT2D eigenvalue weighted by atomic mass is 10.0. The molecule has 0 radical (unpaired) electrons. The summed E-state index contributed by atoms with van der Waals surface area (Å²) in [5.41, 5.74) is 1.83. The summed E-state index contributed by atoms with van der Waals surface area (Å²) < 4.78 is 46.3. The Bertz CT molecular complexity index is 1610. The smallest absolute Gasteiger partial charge is 0.407 e. The van der Waals surface area contributed by atoms with Gasteiger partial charge >= 0.3 is 6.09 Å². The molecule has 13 heteroatoms. The van der Waals surface area contributed by atoms with Gasteiger partial charge in [0.05, 0.1) is 41.7 Å². The van der Waals surface area contributed by atoms with E-state index in [9.17, 15) is 23.4 Å². The number of rotatable bonds is 14. The molecule has 3 heterocycles. The Balaban J connectivity index is 1.38. The molecule has 12 nitrogen and oxygen atoms in total. The van der Waals surface area contributed by atoms with E-state index in [-0.39, 0.29) is 55.0 Å². The van der Waals surface area contributed by atoms with E-state index in [0.29, 0.717) is 29.6 Å². The summed E-state index contributed by atoms with van der Waals surface area (Å²) in [6, 6.07) is 13.1. The van der Waals surface area contributed by atoms with Crippen LogP contribution in [0.25, 0.3) is 10.9 Å². The number of alkyl carbamates (subject to hydrolysis) is 1. The minimum Gasteiger partial charge on any atom is -0.494 e. The normalized spacial score (nSPS) is 21.3. The van der Waals surface area contributed by atoms with Crippen molar-refractivity contribution < 1.29 is 37.6 Å². The van der Waals surface area contributed by atoms with Gasteiger partial charge in [0.2, 0.25) is 10.0 Å². The molecule has 2 saturated heterocycles. The molecule has 2 aliphatic rings. The van der Waals surface area contributed by atoms with E-state index < -0.39 is 34.4 Å². The number of aromatic hydroxyl groups is 1. The number of H-pyrrole nitrogens is 1. The molecule has 2 fully saturated rings. The van der Waals surface area contributed by atoms with Crippen molar-refractivity contribution in [3.8, 4) is 5.88 Å². The van der Waals surface area contributed by atoms with Crippen LogP contribution in [0.2, 0.25) is 0 Å². The molecule has 5 rings (SSSR count). The molecule has 46 heavy (non-hydrogen) atoms. The maximum absolute atomic E-state index is 14.1. The summed E-state index contributed by atoms with van der Waals surface area (Å²) in [5.74, 6) is -0.207. The van der Waals surface area contributed by atoms with Crippen LogP contribution in [0.3, 0.4) is 0 Å². The highest BCUT2D eigenvalue weighted by Crippen LogP contribution is 2.33. The summed E-state index contributed by atoms with van der Waals surface area (Å²) >= 11 is 0. The van der Waals surface area contributed by atoms with Crippen molar-refractivity contribution in [3.63, 3.8) is 0 Å². The van der Waals surface area contributed by atoms with Gasteiger partial charge in [-0.2, -0.15) is 4.31 Å². The van der Waals surface area contributed by atoms with Gasteiger partial charge in [0.15, 0.2) is 12.2 Å². The number of fused-ring (bicyclic) bond motifs is 2. The van der Waals surface area contributed by atoms with Gasteiger partial charge in [-0.15, -0.1) is 0 Å². The van der Waals surface area contributed by atoms with Gasteiger partial charge in [-0.1, -0.05) is 51.1 Å². The van der Waals surface area contributed by atoms with Crippen LogP contribution in [0.4, 0.5) is 4.79 Å². The second-order valence-electron chi connectivity index (χ2n) is 12.3. The predicted molar refractivity (Wildman–Crippen MR) is 173 cm³/mol. The maximum Gasteiger partial charge on any atom is 0.407 e. The van der Waals surface area contributed by atoms with E-state index in [1.807, 2.05) is 51.1 Å². The van der Waals surface area contributed by atoms with Crippen LogP contribution in [0, 0.1) is 11.8 Å². The molecule has 2 aliphatic heterocycles. The van der Waals surface area contributed by atoms with E-state index in [2.05, 4.69) is 15.3 Å². The molecule has 5 atom stereocenters. The number of sulfonamides is 1. The van der Waals surface area contributed by atoms with Gasteiger partial charge in [0, 0.05) is 36.8 Å². The van der Waals surface area contributed by atoms with E-state index in [0.717, 1.165) is 18.4 Å². The van der Waals surface area contributed by atoms with Gasteiger partial charge < -0.3 is 34.7 Å². The molecule has 1 aromatic heterocycles. The first kappa shape index (κ1) is 33.9. The number of aromatic nitrogens is 1. The van der Waals surface area contributed by atoms with Gasteiger partial charge in [-0.3, -0.25) is 4.99 Å². The van der Waals surface area contributed by atoms with Crippen LogP contribution in [0.15, 0.2) is 58.4 Å². The number of nitrogens with zero attached hydrogens (tertiary/aromatic N) is 2. The lowest BCUT2D eigenvalue weighted by Crippen LogP contribution is -2.51. The second-order valence-corrected chi connectivity index (χ2v) is 14.3. The first-order valence-corrected chi connectivity index (χ1v) is 17.3. The SMILES string of the molecule is CCCN=Cc1c(O)[nH]c2ccc(S(=O)(=O)N(CC(C)C)CC(O)C(Cc3ccccc3)NC(=O)OC3COC4OCCC34)cc12. The highest BCUT2D eigenvalue weighted by Gasteiger charge is 2.44. The Morgan fingerprint density at radius 1 is 1.20 bits per heavy atom. The topological polar surface area (TPSA) is 163 Å². The highest BCUT2D eigenvalue weighted by molar-refractivity contribution is 7.89. The quantitative estimate of drug-likeness (QED) is 0.191. The minimum atomic E-state index is -4.12. The van der Waals surface area contributed by atoms with Crippen molar-refractivity contribution >= 4 is 33.2 Å². The Kier molecular flexibility index (Phi) is 11.0. The summed E-state index contributed by atoms with van der Waals surface area (Å²) in [5, 5.41) is 25.4. The number of ether oxygens (including phenoxy) is 3. The number of aliphatic hydroxyl groups excluding tert-OH is 1. The molecule has 0 spiro atoms. The first-order chi connectivity index (χ1) is 22.1. The lowest BCUT2D eigenvalue weighted by molar-refractivity contribution is -0.0907. The lowest BCUT2D eigenvalue weighted by Gasteiger charge is -2.31. The molecule has 0 aliphatic carbocycles. The number of aliphatic imine (C=N–C) groups is 1. The highest BCUT2D eigenvalue weighted by atomic mass is 32.2. The number of carbonyl (C=O) groups excluding carboxylic acids is 1. The van der Waals surface area contributed by atoms with Crippen LogP contribution >= 0.6 is 0 Å². The number of nitrogens with one attached hydrogen (secondary N) is 2. The summed E-state index contributed by atoms with van der Waals surface area (Å²) in [4.78, 5) is 20.3. The zero-order valence-corrected chi connectivity index (χ0v) is 27.3. The predicted octanol–water partition coefficient (Wildman–Crippen LogP) is 3.81. The zero-order valence-electron chi connectivity index (χ0n) is 26.5. The van der Waals surface area contributed by atoms with Crippen molar-refractivity contribution in [1.29, 1.82) is 0 Å². The molecule has 4 N–H and O–H groups in total. The monoisotopic (exact) mass is 656 g/mol. The molecule has 3 aromatic rings. The fourth-order valence-electron chi connectivity index (χ4n) is 5.94. The van der Waals surface area contributed by atoms with Crippen LogP contribution in [-0.4, -0.2) is 97.6 Å². The first-order valence-electron chi connectivity index (χ1n) is 15.8. The number of carbonyl (C=O) groups is 1. The number of amides is 1. The number of aromatic amines is 1. The molecule has 250 valence electrons. The molecule has 2 aromatic carbocycles. The van der Waals surface area contributed by atoms with Crippen LogP contribution in [0.1, 0.15) is 44.7 Å². The van der Waals surface area contributed by atoms with E-state index in [1.165, 1.54) is 16.4 Å². The van der Waals surface area contributed by atoms with Crippen LogP contribution in [-0.2, 0) is 30.7 Å². The number of aliphatic hydroxyl groups is 1. The fourth-order valence-corrected chi connectivity index (χ4v) is 7.59. The molecular formula is C33H44N4O8S. The molecule has 5 unspecified atom stereocenters.